The Hall–Kier alpha value is -0.780. The van der Waals surface area contributed by atoms with Crippen LogP contribution in [-0.4, -0.2) is 0 Å². The molecule has 0 saturated heterocycles. The molecule has 0 spiro atoms. The first-order valence-corrected chi connectivity index (χ1v) is 7.81. The summed E-state index contributed by atoms with van der Waals surface area (Å²) in [6, 6.07) is 9.29. The summed E-state index contributed by atoms with van der Waals surface area (Å²) in [7, 11) is 0. The summed E-state index contributed by atoms with van der Waals surface area (Å²) in [4.78, 5) is 0. The fourth-order valence-corrected chi connectivity index (χ4v) is 2.70. The molecule has 0 radical (unpaired) electrons. The van der Waals surface area contributed by atoms with Gasteiger partial charge in [-0.25, -0.2) is 0 Å². The van der Waals surface area contributed by atoms with Crippen molar-refractivity contribution in [2.24, 2.45) is 11.8 Å². The number of hydrogen-bond acceptors (Lipinski definition) is 0. The van der Waals surface area contributed by atoms with Gasteiger partial charge < -0.3 is 0 Å². The zero-order chi connectivity index (χ0) is 13.4. The van der Waals surface area contributed by atoms with Crippen LogP contribution >= 0.6 is 0 Å². The molecule has 0 fully saturated rings. The third-order valence-corrected chi connectivity index (χ3v) is 4.35. The Kier molecular flexibility index (Phi) is 7.08. The second kappa shape index (κ2) is 8.34. The fraction of sp³-hybridized carbons (Fsp3) is 0.667. The van der Waals surface area contributed by atoms with Crippen LogP contribution in [0.2, 0.25) is 0 Å². The summed E-state index contributed by atoms with van der Waals surface area (Å²) in [6.07, 6.45) is 7.70. The van der Waals surface area contributed by atoms with Crippen molar-refractivity contribution in [3.8, 4) is 0 Å². The lowest BCUT2D eigenvalue weighted by molar-refractivity contribution is 0.484. The first kappa shape index (κ1) is 15.3. The molecule has 0 aromatic heterocycles. The summed E-state index contributed by atoms with van der Waals surface area (Å²) >= 11 is 0. The van der Waals surface area contributed by atoms with Crippen molar-refractivity contribution in [3.63, 3.8) is 0 Å². The van der Waals surface area contributed by atoms with E-state index in [2.05, 4.69) is 52.0 Å². The minimum Gasteiger partial charge on any atom is -0.0651 e. The highest BCUT2D eigenvalue weighted by Gasteiger charge is 2.08. The van der Waals surface area contributed by atoms with Crippen LogP contribution in [0.3, 0.4) is 0 Å². The highest BCUT2D eigenvalue weighted by Crippen LogP contribution is 2.20. The highest BCUT2D eigenvalue weighted by molar-refractivity contribution is 5.24. The van der Waals surface area contributed by atoms with E-state index in [9.17, 15) is 0 Å². The average Bonchev–Trinajstić information content (AvgIpc) is 2.42. The number of rotatable bonds is 8. The molecule has 1 aromatic carbocycles. The van der Waals surface area contributed by atoms with Gasteiger partial charge in [-0.3, -0.25) is 0 Å². The van der Waals surface area contributed by atoms with Crippen molar-refractivity contribution < 1.29 is 0 Å². The molecule has 0 aliphatic heterocycles. The Labute approximate surface area is 114 Å². The molecule has 0 nitrogen and oxygen atoms in total. The summed E-state index contributed by atoms with van der Waals surface area (Å²) in [5.74, 6) is 1.71. The van der Waals surface area contributed by atoms with Crippen LogP contribution in [0.25, 0.3) is 0 Å². The molecular formula is C18H30. The lowest BCUT2D eigenvalue weighted by atomic mass is 9.90. The van der Waals surface area contributed by atoms with Crippen LogP contribution in [0, 0.1) is 11.8 Å². The summed E-state index contributed by atoms with van der Waals surface area (Å²) in [5, 5.41) is 0. The first-order valence-electron chi connectivity index (χ1n) is 7.81. The van der Waals surface area contributed by atoms with Gasteiger partial charge in [-0.2, -0.15) is 0 Å². The Balaban J connectivity index is 2.66. The molecule has 0 amide bonds. The van der Waals surface area contributed by atoms with Crippen molar-refractivity contribution in [2.75, 3.05) is 0 Å². The van der Waals surface area contributed by atoms with Crippen LogP contribution < -0.4 is 0 Å². The zero-order valence-electron chi connectivity index (χ0n) is 12.7. The Bertz CT molecular complexity index is 289. The van der Waals surface area contributed by atoms with Gasteiger partial charge in [-0.15, -0.1) is 0 Å². The van der Waals surface area contributed by atoms with Crippen LogP contribution in [0.4, 0.5) is 0 Å². The quantitative estimate of drug-likeness (QED) is 0.556. The summed E-state index contributed by atoms with van der Waals surface area (Å²) in [6.45, 7) is 9.23. The molecule has 0 heterocycles. The molecule has 18 heavy (non-hydrogen) atoms. The Morgan fingerprint density at radius 2 is 1.11 bits per heavy atom. The van der Waals surface area contributed by atoms with Gasteiger partial charge in [0.2, 0.25) is 0 Å². The van der Waals surface area contributed by atoms with E-state index in [1.165, 1.54) is 49.7 Å². The van der Waals surface area contributed by atoms with E-state index < -0.39 is 0 Å². The van der Waals surface area contributed by atoms with Crippen molar-refractivity contribution in [1.82, 2.24) is 0 Å². The molecule has 1 aromatic rings. The van der Waals surface area contributed by atoms with E-state index in [4.69, 9.17) is 0 Å². The molecule has 0 saturated carbocycles. The third kappa shape index (κ3) is 4.84. The molecule has 102 valence electrons. The SMILES string of the molecule is CCC(CC)Cc1cccc(CC(CC)CC)c1. The smallest absolute Gasteiger partial charge is 0.0250 e. The second-order valence-electron chi connectivity index (χ2n) is 5.59. The van der Waals surface area contributed by atoms with E-state index >= 15 is 0 Å². The largest absolute Gasteiger partial charge is 0.0651 e. The molecule has 0 N–H and O–H groups in total. The molecular weight excluding hydrogens is 216 g/mol. The van der Waals surface area contributed by atoms with Crippen molar-refractivity contribution in [2.45, 2.75) is 66.2 Å². The van der Waals surface area contributed by atoms with E-state index in [1.807, 2.05) is 0 Å². The predicted octanol–water partition coefficient (Wildman–Crippen LogP) is 5.64. The van der Waals surface area contributed by atoms with Gasteiger partial charge in [0.1, 0.15) is 0 Å². The molecule has 0 aliphatic rings. The second-order valence-corrected chi connectivity index (χ2v) is 5.59. The molecule has 0 unspecified atom stereocenters. The van der Waals surface area contributed by atoms with Crippen LogP contribution in [0.5, 0.6) is 0 Å². The summed E-state index contributed by atoms with van der Waals surface area (Å²) in [5.41, 5.74) is 3.07. The third-order valence-electron chi connectivity index (χ3n) is 4.35. The molecule has 0 atom stereocenters. The van der Waals surface area contributed by atoms with Crippen LogP contribution in [0.15, 0.2) is 24.3 Å². The maximum Gasteiger partial charge on any atom is -0.0250 e. The Morgan fingerprint density at radius 1 is 0.722 bits per heavy atom. The van der Waals surface area contributed by atoms with E-state index in [0.717, 1.165) is 11.8 Å². The standard InChI is InChI=1S/C18H30/c1-5-15(6-2)12-17-10-9-11-18(14-17)13-16(7-3)8-4/h9-11,14-16H,5-8,12-13H2,1-4H3. The average molecular weight is 246 g/mol. The van der Waals surface area contributed by atoms with E-state index in [0.29, 0.717) is 0 Å². The van der Waals surface area contributed by atoms with Crippen molar-refractivity contribution in [3.05, 3.63) is 35.4 Å². The first-order chi connectivity index (χ1) is 8.73. The topological polar surface area (TPSA) is 0 Å². The monoisotopic (exact) mass is 246 g/mol. The van der Waals surface area contributed by atoms with Gasteiger partial charge in [0, 0.05) is 0 Å². The predicted molar refractivity (Wildman–Crippen MR) is 82.0 cm³/mol. The van der Waals surface area contributed by atoms with Gasteiger partial charge in [0.15, 0.2) is 0 Å². The minimum absolute atomic E-state index is 0.855. The van der Waals surface area contributed by atoms with Crippen molar-refractivity contribution in [1.29, 1.82) is 0 Å². The van der Waals surface area contributed by atoms with Crippen molar-refractivity contribution >= 4 is 0 Å². The van der Waals surface area contributed by atoms with Gasteiger partial charge in [-0.1, -0.05) is 77.6 Å². The molecule has 1 rings (SSSR count). The molecule has 0 bridgehead atoms. The zero-order valence-corrected chi connectivity index (χ0v) is 12.7. The van der Waals surface area contributed by atoms with Crippen LogP contribution in [0.1, 0.15) is 64.5 Å². The maximum atomic E-state index is 2.44. The van der Waals surface area contributed by atoms with Gasteiger partial charge in [-0.05, 0) is 35.8 Å². The van der Waals surface area contributed by atoms with E-state index in [1.54, 1.807) is 0 Å². The number of hydrogen-bond donors (Lipinski definition) is 0. The molecule has 0 heteroatoms. The van der Waals surface area contributed by atoms with Crippen LogP contribution in [-0.2, 0) is 12.8 Å². The van der Waals surface area contributed by atoms with Gasteiger partial charge in [0.05, 0.1) is 0 Å². The molecule has 0 aliphatic carbocycles. The lowest BCUT2D eigenvalue weighted by Gasteiger charge is -2.15. The highest BCUT2D eigenvalue weighted by atomic mass is 14.1. The normalized spacial score (nSPS) is 11.4. The summed E-state index contributed by atoms with van der Waals surface area (Å²) < 4.78 is 0. The number of benzene rings is 1. The van der Waals surface area contributed by atoms with E-state index in [-0.39, 0.29) is 0 Å². The minimum atomic E-state index is 0.855. The van der Waals surface area contributed by atoms with Gasteiger partial charge in [0.25, 0.3) is 0 Å². The fourth-order valence-electron chi connectivity index (χ4n) is 2.70. The Morgan fingerprint density at radius 3 is 1.44 bits per heavy atom. The lowest BCUT2D eigenvalue weighted by Crippen LogP contribution is -2.04. The van der Waals surface area contributed by atoms with Gasteiger partial charge >= 0.3 is 0 Å². The maximum absolute atomic E-state index is 2.44.